The molecule has 11 heteroatoms. The molecule has 0 bridgehead atoms. The molecular formula is C28H36N6O3S2. The number of amides is 1. The van der Waals surface area contributed by atoms with E-state index >= 15 is 0 Å². The highest BCUT2D eigenvalue weighted by Crippen LogP contribution is 2.44. The minimum Gasteiger partial charge on any atom is -0.447 e. The Bertz CT molecular complexity index is 1450. The molecule has 1 amide bonds. The van der Waals surface area contributed by atoms with Crippen LogP contribution in [0.15, 0.2) is 35.4 Å². The maximum Gasteiger partial charge on any atom is 0.407 e. The average molecular weight is 569 g/mol. The van der Waals surface area contributed by atoms with Crippen molar-refractivity contribution in [3.63, 3.8) is 0 Å². The molecule has 4 N–H and O–H groups in total. The zero-order valence-electron chi connectivity index (χ0n) is 22.4. The minimum atomic E-state index is -2.94. The van der Waals surface area contributed by atoms with E-state index in [-0.39, 0.29) is 23.5 Å². The Hall–Kier alpha value is -2.92. The van der Waals surface area contributed by atoms with Gasteiger partial charge in [-0.05, 0) is 77.3 Å². The smallest absolute Gasteiger partial charge is 0.407 e. The Labute approximate surface area is 233 Å². The van der Waals surface area contributed by atoms with Crippen LogP contribution in [0.2, 0.25) is 0 Å². The summed E-state index contributed by atoms with van der Waals surface area (Å²) in [6, 6.07) is 7.98. The summed E-state index contributed by atoms with van der Waals surface area (Å²) in [6.45, 7) is 3.69. The first kappa shape index (κ1) is 26.3. The predicted molar refractivity (Wildman–Crippen MR) is 153 cm³/mol. The van der Waals surface area contributed by atoms with Crippen LogP contribution in [0, 0.1) is 4.78 Å². The highest BCUT2D eigenvalue weighted by molar-refractivity contribution is 7.93. The highest BCUT2D eigenvalue weighted by Gasteiger charge is 2.36. The van der Waals surface area contributed by atoms with Gasteiger partial charge in [0.05, 0.1) is 30.6 Å². The van der Waals surface area contributed by atoms with Crippen molar-refractivity contribution >= 4 is 38.7 Å². The van der Waals surface area contributed by atoms with Gasteiger partial charge >= 0.3 is 6.09 Å². The number of nitrogens with zero attached hydrogens (tertiary/aromatic N) is 2. The molecule has 1 unspecified atom stereocenters. The third-order valence-corrected chi connectivity index (χ3v) is 11.3. The Morgan fingerprint density at radius 2 is 1.85 bits per heavy atom. The maximum atomic E-state index is 13.7. The van der Waals surface area contributed by atoms with Gasteiger partial charge in [0.25, 0.3) is 0 Å². The normalized spacial score (nSPS) is 22.8. The molecule has 3 aromatic rings. The molecule has 3 aliphatic rings. The van der Waals surface area contributed by atoms with Crippen LogP contribution in [0.3, 0.4) is 0 Å². The fourth-order valence-corrected chi connectivity index (χ4v) is 8.44. The lowest BCUT2D eigenvalue weighted by Crippen LogP contribution is -2.38. The van der Waals surface area contributed by atoms with Gasteiger partial charge in [0.15, 0.2) is 5.82 Å². The number of thiazole rings is 1. The van der Waals surface area contributed by atoms with Crippen molar-refractivity contribution in [2.45, 2.75) is 99.3 Å². The number of benzene rings is 1. The average Bonchev–Trinajstić information content (AvgIpc) is 3.84. The van der Waals surface area contributed by atoms with Gasteiger partial charge in [-0.2, -0.15) is 5.10 Å². The summed E-state index contributed by atoms with van der Waals surface area (Å²) < 4.78 is 27.8. The number of carbonyl (C=O) groups excluding carboxylic acids is 1. The lowest BCUT2D eigenvalue weighted by atomic mass is 9.86. The molecule has 6 rings (SSSR count). The van der Waals surface area contributed by atoms with Gasteiger partial charge in [0.1, 0.15) is 0 Å². The van der Waals surface area contributed by atoms with Gasteiger partial charge in [-0.15, -0.1) is 11.3 Å². The molecule has 3 saturated carbocycles. The van der Waals surface area contributed by atoms with Gasteiger partial charge in [0.2, 0.25) is 0 Å². The van der Waals surface area contributed by atoms with E-state index < -0.39 is 9.73 Å². The van der Waals surface area contributed by atoms with E-state index in [0.29, 0.717) is 16.7 Å². The van der Waals surface area contributed by atoms with Gasteiger partial charge in [-0.25, -0.2) is 18.8 Å². The fourth-order valence-electron chi connectivity index (χ4n) is 5.29. The Morgan fingerprint density at radius 1 is 1.10 bits per heavy atom. The molecule has 0 saturated heterocycles. The van der Waals surface area contributed by atoms with Crippen LogP contribution in [0.5, 0.6) is 0 Å². The number of hydrogen-bond donors (Lipinski definition) is 4. The quantitative estimate of drug-likeness (QED) is 0.222. The highest BCUT2D eigenvalue weighted by atomic mass is 32.2. The summed E-state index contributed by atoms with van der Waals surface area (Å²) in [6.07, 6.45) is 9.11. The van der Waals surface area contributed by atoms with Crippen molar-refractivity contribution in [2.24, 2.45) is 0 Å². The second-order valence-corrected chi connectivity index (χ2v) is 14.7. The molecule has 3 aliphatic carbocycles. The molecule has 1 atom stereocenters. The number of H-pyrrole nitrogens is 1. The Balaban J connectivity index is 1.18. The number of hydrogen-bond acceptors (Lipinski definition) is 8. The van der Waals surface area contributed by atoms with Crippen molar-refractivity contribution in [2.75, 3.05) is 5.32 Å². The van der Waals surface area contributed by atoms with E-state index in [1.165, 1.54) is 12.8 Å². The lowest BCUT2D eigenvalue weighted by molar-refractivity contribution is 0.109. The number of carbonyl (C=O) groups is 1. The van der Waals surface area contributed by atoms with E-state index in [9.17, 15) is 9.00 Å². The molecule has 9 nitrogen and oxygen atoms in total. The number of anilines is 2. The number of alkyl carbamates (subject to hydrolysis) is 1. The van der Waals surface area contributed by atoms with Crippen molar-refractivity contribution in [1.82, 2.24) is 20.5 Å². The maximum absolute atomic E-state index is 13.7. The molecule has 0 radical (unpaired) electrons. The van der Waals surface area contributed by atoms with Crippen molar-refractivity contribution < 1.29 is 13.7 Å². The second kappa shape index (κ2) is 10.6. The zero-order chi connectivity index (χ0) is 27.1. The first-order valence-electron chi connectivity index (χ1n) is 13.9. The number of ether oxygens (including phenoxy) is 1. The Kier molecular flexibility index (Phi) is 7.13. The molecule has 2 heterocycles. The van der Waals surface area contributed by atoms with Crippen LogP contribution >= 0.6 is 11.3 Å². The first-order valence-corrected chi connectivity index (χ1v) is 16.4. The zero-order valence-corrected chi connectivity index (χ0v) is 24.0. The molecule has 0 spiro atoms. The first-order chi connectivity index (χ1) is 18.8. The number of aromatic nitrogens is 3. The van der Waals surface area contributed by atoms with Crippen LogP contribution < -0.4 is 10.6 Å². The SMILES string of the molecule is CC(C)OC(=O)NC1CCC(c2ncc(-c3ccc(Nc4cc(C5CC5)[nH]n4)cc3S(=N)(=O)C3CC3)s2)CC1. The second-order valence-electron chi connectivity index (χ2n) is 11.3. The summed E-state index contributed by atoms with van der Waals surface area (Å²) in [7, 11) is -2.94. The van der Waals surface area contributed by atoms with E-state index in [1.807, 2.05) is 44.3 Å². The van der Waals surface area contributed by atoms with Crippen LogP contribution in [-0.4, -0.2) is 42.9 Å². The third kappa shape index (κ3) is 5.99. The monoisotopic (exact) mass is 568 g/mol. The summed E-state index contributed by atoms with van der Waals surface area (Å²) >= 11 is 1.63. The van der Waals surface area contributed by atoms with Gasteiger partial charge in [0, 0.05) is 52.3 Å². The van der Waals surface area contributed by atoms with Gasteiger partial charge < -0.3 is 15.4 Å². The molecule has 3 fully saturated rings. The predicted octanol–water partition coefficient (Wildman–Crippen LogP) is 6.88. The number of rotatable bonds is 9. The van der Waals surface area contributed by atoms with Crippen LogP contribution in [0.4, 0.5) is 16.3 Å². The Morgan fingerprint density at radius 3 is 2.54 bits per heavy atom. The van der Waals surface area contributed by atoms with E-state index in [2.05, 4.69) is 20.8 Å². The largest absolute Gasteiger partial charge is 0.447 e. The summed E-state index contributed by atoms with van der Waals surface area (Å²) in [5.41, 5.74) is 2.77. The number of nitrogens with one attached hydrogen (secondary N) is 4. The van der Waals surface area contributed by atoms with Crippen LogP contribution in [0.25, 0.3) is 10.4 Å². The summed E-state index contributed by atoms with van der Waals surface area (Å²) in [5, 5.41) is 14.8. The molecular weight excluding hydrogens is 532 g/mol. The number of aromatic amines is 1. The van der Waals surface area contributed by atoms with Crippen molar-refractivity contribution in [3.8, 4) is 10.4 Å². The minimum absolute atomic E-state index is 0.0871. The van der Waals surface area contributed by atoms with Gasteiger partial charge in [-0.3, -0.25) is 5.10 Å². The van der Waals surface area contributed by atoms with Crippen LogP contribution in [-0.2, 0) is 14.5 Å². The lowest BCUT2D eigenvalue weighted by Gasteiger charge is -2.28. The van der Waals surface area contributed by atoms with Crippen LogP contribution in [0.1, 0.15) is 87.8 Å². The molecule has 39 heavy (non-hydrogen) atoms. The van der Waals surface area contributed by atoms with E-state index in [1.54, 1.807) is 11.3 Å². The molecule has 2 aromatic heterocycles. The third-order valence-electron chi connectivity index (χ3n) is 7.72. The molecule has 0 aliphatic heterocycles. The van der Waals surface area contributed by atoms with Crippen molar-refractivity contribution in [3.05, 3.63) is 41.2 Å². The molecule has 208 valence electrons. The molecule has 1 aromatic carbocycles. The van der Waals surface area contributed by atoms with E-state index in [4.69, 9.17) is 14.5 Å². The van der Waals surface area contributed by atoms with Crippen molar-refractivity contribution in [1.29, 1.82) is 4.78 Å². The summed E-state index contributed by atoms with van der Waals surface area (Å²) in [4.78, 5) is 18.3. The summed E-state index contributed by atoms with van der Waals surface area (Å²) in [5.74, 6) is 1.65. The van der Waals surface area contributed by atoms with Gasteiger partial charge in [-0.1, -0.05) is 6.07 Å². The van der Waals surface area contributed by atoms with E-state index in [0.717, 1.165) is 71.2 Å². The standard InChI is InChI=1S/C28H36N6O3S2/c1-16(2)37-28(35)32-19-7-5-18(6-8-19)27-30-15-24(38-27)22-12-9-20(13-25(22)39(29,36)21-10-11-21)31-26-14-23(33-34-26)17-3-4-17/h9,12-19,21,29H,3-8,10-11H2,1-2H3,(H,32,35)(H2,31,33,34). The fraction of sp³-hybridized carbons (Fsp3) is 0.536. The topological polar surface area (TPSA) is 133 Å².